The first-order chi connectivity index (χ1) is 8.65. The molecule has 0 amide bonds. The zero-order chi connectivity index (χ0) is 13.0. The molecule has 2 aromatic heterocycles. The maximum Gasteiger partial charge on any atom is 0.280 e. The summed E-state index contributed by atoms with van der Waals surface area (Å²) in [6.07, 6.45) is -1.19. The predicted molar refractivity (Wildman–Crippen MR) is 68.3 cm³/mol. The third-order valence-electron chi connectivity index (χ3n) is 2.07. The van der Waals surface area contributed by atoms with E-state index in [-0.39, 0.29) is 12.3 Å². The minimum absolute atomic E-state index is 0.214. The summed E-state index contributed by atoms with van der Waals surface area (Å²) < 4.78 is 30.7. The Bertz CT molecular complexity index is 505. The number of rotatable bonds is 4. The fraction of sp³-hybridized carbons (Fsp3) is 0.182. The van der Waals surface area contributed by atoms with E-state index in [1.807, 2.05) is 22.6 Å². The molecule has 0 fully saturated rings. The number of alkyl halides is 2. The molecule has 18 heavy (non-hydrogen) atoms. The second-order valence-electron chi connectivity index (χ2n) is 3.37. The first-order valence-corrected chi connectivity index (χ1v) is 6.08. The molecule has 0 saturated carbocycles. The summed E-state index contributed by atoms with van der Waals surface area (Å²) in [5.41, 5.74) is 0.451. The standard InChI is InChI=1S/C11H8F2IN3O/c12-11(13)8-2-1-7(5-15-8)6-18-10-4-3-9(14)16-17-10/h1-5,11H,6H2. The average Bonchev–Trinajstić information content (AvgIpc) is 2.38. The first kappa shape index (κ1) is 13.1. The largest absolute Gasteiger partial charge is 0.472 e. The molecule has 2 rings (SSSR count). The SMILES string of the molecule is FC(F)c1ccc(COc2ccc(I)nn2)cn1. The summed E-state index contributed by atoms with van der Waals surface area (Å²) in [5.74, 6) is 0.383. The Hall–Kier alpha value is -1.38. The monoisotopic (exact) mass is 363 g/mol. The molecule has 0 atom stereocenters. The second kappa shape index (κ2) is 5.98. The van der Waals surface area contributed by atoms with Crippen molar-refractivity contribution < 1.29 is 13.5 Å². The molecule has 94 valence electrons. The van der Waals surface area contributed by atoms with Gasteiger partial charge in [0.1, 0.15) is 16.0 Å². The van der Waals surface area contributed by atoms with Crippen LogP contribution in [-0.4, -0.2) is 15.2 Å². The Morgan fingerprint density at radius 2 is 2.00 bits per heavy atom. The average molecular weight is 363 g/mol. The molecule has 7 heteroatoms. The predicted octanol–water partition coefficient (Wildman–Crippen LogP) is 2.99. The Labute approximate surface area is 116 Å². The van der Waals surface area contributed by atoms with Gasteiger partial charge in [-0.05, 0) is 34.7 Å². The van der Waals surface area contributed by atoms with Crippen molar-refractivity contribution in [1.29, 1.82) is 0 Å². The molecule has 4 nitrogen and oxygen atoms in total. The third-order valence-corrected chi connectivity index (χ3v) is 2.64. The van der Waals surface area contributed by atoms with Gasteiger partial charge in [0.2, 0.25) is 5.88 Å². The lowest BCUT2D eigenvalue weighted by Gasteiger charge is -2.05. The highest BCUT2D eigenvalue weighted by Crippen LogP contribution is 2.16. The van der Waals surface area contributed by atoms with Crippen molar-refractivity contribution in [2.24, 2.45) is 0 Å². The zero-order valence-corrected chi connectivity index (χ0v) is 11.2. The van der Waals surface area contributed by atoms with E-state index >= 15 is 0 Å². The fourth-order valence-corrected chi connectivity index (χ4v) is 1.48. The van der Waals surface area contributed by atoms with E-state index in [1.54, 1.807) is 18.2 Å². The number of pyridine rings is 1. The molecule has 0 aliphatic rings. The van der Waals surface area contributed by atoms with Gasteiger partial charge in [0.25, 0.3) is 6.43 Å². The van der Waals surface area contributed by atoms with Gasteiger partial charge >= 0.3 is 0 Å². The van der Waals surface area contributed by atoms with Crippen LogP contribution in [0.3, 0.4) is 0 Å². The van der Waals surface area contributed by atoms with Gasteiger partial charge in [-0.25, -0.2) is 8.78 Å². The van der Waals surface area contributed by atoms with E-state index < -0.39 is 6.43 Å². The minimum atomic E-state index is -2.55. The molecule has 0 aliphatic carbocycles. The number of hydrogen-bond donors (Lipinski definition) is 0. The van der Waals surface area contributed by atoms with Crippen LogP contribution in [0.1, 0.15) is 17.7 Å². The summed E-state index contributed by atoms with van der Waals surface area (Å²) in [5, 5.41) is 7.64. The van der Waals surface area contributed by atoms with E-state index in [4.69, 9.17) is 4.74 Å². The van der Waals surface area contributed by atoms with Gasteiger partial charge in [0.15, 0.2) is 0 Å². The van der Waals surface area contributed by atoms with Crippen LogP contribution < -0.4 is 4.74 Å². The summed E-state index contributed by atoms with van der Waals surface area (Å²) in [4.78, 5) is 3.64. The second-order valence-corrected chi connectivity index (χ2v) is 4.48. The minimum Gasteiger partial charge on any atom is -0.472 e. The van der Waals surface area contributed by atoms with Gasteiger partial charge in [-0.1, -0.05) is 6.07 Å². The van der Waals surface area contributed by atoms with Crippen molar-refractivity contribution in [2.75, 3.05) is 0 Å². The molecule has 0 N–H and O–H groups in total. The number of nitrogens with zero attached hydrogens (tertiary/aromatic N) is 3. The molecule has 0 saturated heterocycles. The third kappa shape index (κ3) is 3.56. The van der Waals surface area contributed by atoms with Crippen molar-refractivity contribution >= 4 is 22.6 Å². The number of hydrogen-bond acceptors (Lipinski definition) is 4. The highest BCUT2D eigenvalue weighted by molar-refractivity contribution is 14.1. The summed E-state index contributed by atoms with van der Waals surface area (Å²) in [6.45, 7) is 0.214. The van der Waals surface area contributed by atoms with Crippen molar-refractivity contribution in [3.63, 3.8) is 0 Å². The van der Waals surface area contributed by atoms with Crippen LogP contribution in [0.25, 0.3) is 0 Å². The lowest BCUT2D eigenvalue weighted by molar-refractivity contribution is 0.146. The molecular weight excluding hydrogens is 355 g/mol. The van der Waals surface area contributed by atoms with E-state index in [0.717, 1.165) is 3.70 Å². The van der Waals surface area contributed by atoms with Crippen LogP contribution in [0.2, 0.25) is 0 Å². The van der Waals surface area contributed by atoms with Gasteiger partial charge in [0, 0.05) is 17.8 Å². The van der Waals surface area contributed by atoms with E-state index in [1.165, 1.54) is 12.3 Å². The van der Waals surface area contributed by atoms with Crippen molar-refractivity contribution in [3.8, 4) is 5.88 Å². The van der Waals surface area contributed by atoms with Crippen LogP contribution in [0.15, 0.2) is 30.5 Å². The van der Waals surface area contributed by atoms with Crippen LogP contribution >= 0.6 is 22.6 Å². The Balaban J connectivity index is 1.95. The molecule has 2 heterocycles. The zero-order valence-electron chi connectivity index (χ0n) is 9.05. The lowest BCUT2D eigenvalue weighted by atomic mass is 10.2. The highest BCUT2D eigenvalue weighted by atomic mass is 127. The van der Waals surface area contributed by atoms with Crippen molar-refractivity contribution in [3.05, 3.63) is 45.4 Å². The van der Waals surface area contributed by atoms with Gasteiger partial charge < -0.3 is 4.74 Å². The highest BCUT2D eigenvalue weighted by Gasteiger charge is 2.07. The molecule has 0 bridgehead atoms. The molecule has 0 spiro atoms. The normalized spacial score (nSPS) is 10.7. The molecule has 0 aliphatic heterocycles. The van der Waals surface area contributed by atoms with Crippen molar-refractivity contribution in [2.45, 2.75) is 13.0 Å². The van der Waals surface area contributed by atoms with Crippen LogP contribution in [0.4, 0.5) is 8.78 Å². The summed E-state index contributed by atoms with van der Waals surface area (Å²) in [7, 11) is 0. The number of halogens is 3. The number of aromatic nitrogens is 3. The maximum atomic E-state index is 12.3. The van der Waals surface area contributed by atoms with E-state index in [0.29, 0.717) is 11.4 Å². The molecular formula is C11H8F2IN3O. The van der Waals surface area contributed by atoms with E-state index in [9.17, 15) is 8.78 Å². The van der Waals surface area contributed by atoms with Crippen molar-refractivity contribution in [1.82, 2.24) is 15.2 Å². The van der Waals surface area contributed by atoms with Gasteiger partial charge in [-0.2, -0.15) is 0 Å². The molecule has 0 unspecified atom stereocenters. The first-order valence-electron chi connectivity index (χ1n) is 5.00. The quantitative estimate of drug-likeness (QED) is 0.784. The molecule has 2 aromatic rings. The topological polar surface area (TPSA) is 47.9 Å². The number of ether oxygens (including phenoxy) is 1. The van der Waals surface area contributed by atoms with Crippen LogP contribution in [0, 0.1) is 3.70 Å². The van der Waals surface area contributed by atoms with Gasteiger partial charge in [-0.3, -0.25) is 4.98 Å². The van der Waals surface area contributed by atoms with Gasteiger partial charge in [-0.15, -0.1) is 10.2 Å². The van der Waals surface area contributed by atoms with E-state index in [2.05, 4.69) is 15.2 Å². The fourth-order valence-electron chi connectivity index (χ4n) is 1.19. The Morgan fingerprint density at radius 1 is 1.17 bits per heavy atom. The molecule has 0 radical (unpaired) electrons. The maximum absolute atomic E-state index is 12.3. The Kier molecular flexibility index (Phi) is 4.34. The smallest absolute Gasteiger partial charge is 0.280 e. The van der Waals surface area contributed by atoms with Crippen LogP contribution in [-0.2, 0) is 6.61 Å². The summed E-state index contributed by atoms with van der Waals surface area (Å²) >= 11 is 2.04. The summed E-state index contributed by atoms with van der Waals surface area (Å²) in [6, 6.07) is 6.29. The molecule has 0 aromatic carbocycles. The Morgan fingerprint density at radius 3 is 2.56 bits per heavy atom. The lowest BCUT2D eigenvalue weighted by Crippen LogP contribution is -2.00. The van der Waals surface area contributed by atoms with Gasteiger partial charge in [0.05, 0.1) is 0 Å². The van der Waals surface area contributed by atoms with Crippen LogP contribution in [0.5, 0.6) is 5.88 Å².